The van der Waals surface area contributed by atoms with Gasteiger partial charge in [0.15, 0.2) is 11.5 Å². The molecule has 42 heavy (non-hydrogen) atoms. The van der Waals surface area contributed by atoms with Gasteiger partial charge in [-0.15, -0.1) is 0 Å². The van der Waals surface area contributed by atoms with Crippen LogP contribution >= 0.6 is 0 Å². The number of anilines is 2. The van der Waals surface area contributed by atoms with E-state index in [2.05, 4.69) is 21.8 Å². The first-order valence-corrected chi connectivity index (χ1v) is 13.5. The molecule has 0 bridgehead atoms. The molecular formula is C31H32N6O5. The summed E-state index contributed by atoms with van der Waals surface area (Å²) in [5, 5.41) is 10.0. The zero-order valence-electron chi connectivity index (χ0n) is 23.4. The molecule has 1 aliphatic carbocycles. The summed E-state index contributed by atoms with van der Waals surface area (Å²) in [4.78, 5) is 33.0. The first kappa shape index (κ1) is 28.4. The highest BCUT2D eigenvalue weighted by atomic mass is 16.5. The quantitative estimate of drug-likeness (QED) is 0.252. The number of rotatable bonds is 6. The second-order valence-electron chi connectivity index (χ2n) is 10.3. The first-order valence-electron chi connectivity index (χ1n) is 13.5. The lowest BCUT2D eigenvalue weighted by molar-refractivity contribution is 0.0694. The van der Waals surface area contributed by atoms with E-state index in [1.54, 1.807) is 32.5 Å². The summed E-state index contributed by atoms with van der Waals surface area (Å²) < 4.78 is 13.1. The lowest BCUT2D eigenvalue weighted by atomic mass is 9.91. The van der Waals surface area contributed by atoms with Crippen LogP contribution in [0.4, 0.5) is 11.8 Å². The molecule has 0 aliphatic heterocycles. The summed E-state index contributed by atoms with van der Waals surface area (Å²) >= 11 is 0. The lowest BCUT2D eigenvalue weighted by Gasteiger charge is -2.29. The molecule has 0 saturated heterocycles. The van der Waals surface area contributed by atoms with Crippen LogP contribution in [0.25, 0.3) is 10.9 Å². The third-order valence-corrected chi connectivity index (χ3v) is 7.59. The van der Waals surface area contributed by atoms with Gasteiger partial charge in [-0.1, -0.05) is 11.8 Å². The Morgan fingerprint density at radius 2 is 1.86 bits per heavy atom. The molecule has 2 aromatic carbocycles. The van der Waals surface area contributed by atoms with E-state index in [4.69, 9.17) is 26.7 Å². The Kier molecular flexibility index (Phi) is 7.99. The number of pyridine rings is 1. The van der Waals surface area contributed by atoms with Gasteiger partial charge in [0.1, 0.15) is 11.4 Å². The first-order chi connectivity index (χ1) is 20.2. The van der Waals surface area contributed by atoms with E-state index in [9.17, 15) is 14.7 Å². The van der Waals surface area contributed by atoms with Crippen molar-refractivity contribution in [3.8, 4) is 23.3 Å². The zero-order valence-corrected chi connectivity index (χ0v) is 23.4. The largest absolute Gasteiger partial charge is 0.493 e. The number of hydrogen-bond donors (Lipinski definition) is 4. The van der Waals surface area contributed by atoms with Gasteiger partial charge in [0, 0.05) is 47.4 Å². The molecule has 1 fully saturated rings. The van der Waals surface area contributed by atoms with Crippen molar-refractivity contribution < 1.29 is 19.4 Å². The number of hydrogen-bond acceptors (Lipinski definition) is 9. The standard InChI is InChI=1S/C31H32N6O5/c1-41-26-14-18(12-20-15-35-31(34)36-29(20)33)11-19(28(26)42-2)5-3-17-4-10-23-25(13-17)37(16-24(27(23)38)30(39)40)22-8-6-21(32)7-9-22/h4,10-11,13-16,21-22H,6-9,12,32H2,1-2H3,(H,39,40)(H4,33,34,35,36). The van der Waals surface area contributed by atoms with Gasteiger partial charge in [-0.3, -0.25) is 4.79 Å². The van der Waals surface area contributed by atoms with Gasteiger partial charge >= 0.3 is 5.97 Å². The maximum atomic E-state index is 13.0. The van der Waals surface area contributed by atoms with E-state index >= 15 is 0 Å². The molecule has 1 aliphatic rings. The summed E-state index contributed by atoms with van der Waals surface area (Å²) in [6.45, 7) is 0. The predicted molar refractivity (Wildman–Crippen MR) is 160 cm³/mol. The Morgan fingerprint density at radius 1 is 1.10 bits per heavy atom. The number of carbonyl (C=O) groups is 1. The van der Waals surface area contributed by atoms with Crippen LogP contribution in [0.15, 0.2) is 47.5 Å². The molecule has 216 valence electrons. The Balaban J connectivity index is 1.58. The third-order valence-electron chi connectivity index (χ3n) is 7.59. The molecule has 2 aromatic heterocycles. The van der Waals surface area contributed by atoms with Crippen molar-refractivity contribution in [3.63, 3.8) is 0 Å². The summed E-state index contributed by atoms with van der Waals surface area (Å²) in [6.07, 6.45) is 6.70. The van der Waals surface area contributed by atoms with Gasteiger partial charge in [0.2, 0.25) is 11.4 Å². The van der Waals surface area contributed by atoms with Crippen LogP contribution in [-0.4, -0.2) is 45.9 Å². The van der Waals surface area contributed by atoms with Crippen LogP contribution in [0.5, 0.6) is 11.5 Å². The fourth-order valence-electron chi connectivity index (χ4n) is 5.41. The average molecular weight is 569 g/mol. The number of methoxy groups -OCH3 is 2. The van der Waals surface area contributed by atoms with Gasteiger partial charge in [0.25, 0.3) is 0 Å². The maximum Gasteiger partial charge on any atom is 0.341 e. The number of nitrogen functional groups attached to an aromatic ring is 2. The van der Waals surface area contributed by atoms with Gasteiger partial charge in [0.05, 0.1) is 25.3 Å². The van der Waals surface area contributed by atoms with E-state index in [1.807, 2.05) is 22.8 Å². The van der Waals surface area contributed by atoms with Crippen LogP contribution in [0.1, 0.15) is 64.3 Å². The molecule has 11 heteroatoms. The van der Waals surface area contributed by atoms with Crippen molar-refractivity contribution in [1.82, 2.24) is 14.5 Å². The normalized spacial score (nSPS) is 16.5. The molecule has 7 N–H and O–H groups in total. The Hall–Kier alpha value is -5.08. The van der Waals surface area contributed by atoms with Crippen LogP contribution in [0.3, 0.4) is 0 Å². The molecule has 0 unspecified atom stereocenters. The number of fused-ring (bicyclic) bond motifs is 1. The second-order valence-corrected chi connectivity index (χ2v) is 10.3. The van der Waals surface area contributed by atoms with Gasteiger partial charge in [-0.2, -0.15) is 4.98 Å². The number of benzene rings is 2. The summed E-state index contributed by atoms with van der Waals surface area (Å²) in [5.41, 5.74) is 20.4. The molecule has 0 radical (unpaired) electrons. The smallest absolute Gasteiger partial charge is 0.341 e. The fraction of sp³-hybridized carbons (Fsp3) is 0.290. The van der Waals surface area contributed by atoms with E-state index in [0.717, 1.165) is 31.2 Å². The van der Waals surface area contributed by atoms with Crippen LogP contribution in [0, 0.1) is 11.8 Å². The molecular weight excluding hydrogens is 536 g/mol. The van der Waals surface area contributed by atoms with Crippen molar-refractivity contribution in [2.75, 3.05) is 25.7 Å². The van der Waals surface area contributed by atoms with Crippen molar-refractivity contribution in [1.29, 1.82) is 0 Å². The van der Waals surface area contributed by atoms with Crippen LogP contribution in [-0.2, 0) is 6.42 Å². The summed E-state index contributed by atoms with van der Waals surface area (Å²) in [6, 6.07) is 9.04. The highest BCUT2D eigenvalue weighted by Crippen LogP contribution is 2.34. The van der Waals surface area contributed by atoms with E-state index < -0.39 is 11.4 Å². The number of carboxylic acid groups (broad SMARTS) is 1. The minimum absolute atomic E-state index is 0.0278. The highest BCUT2D eigenvalue weighted by Gasteiger charge is 2.23. The topological polar surface area (TPSA) is 182 Å². The molecule has 11 nitrogen and oxygen atoms in total. The van der Waals surface area contributed by atoms with E-state index in [0.29, 0.717) is 45.5 Å². The van der Waals surface area contributed by atoms with Crippen molar-refractivity contribution >= 4 is 28.6 Å². The number of nitrogens with two attached hydrogens (primary N) is 3. The SMILES string of the molecule is COc1cc(Cc2cnc(N)nc2N)cc(C#Cc2ccc3c(=O)c(C(=O)O)cn(C4CCC(N)CC4)c3c2)c1OC. The number of ether oxygens (including phenoxy) is 2. The Labute approximate surface area is 242 Å². The molecule has 0 spiro atoms. The van der Waals surface area contributed by atoms with Gasteiger partial charge in [-0.25, -0.2) is 9.78 Å². The molecule has 0 atom stereocenters. The van der Waals surface area contributed by atoms with Crippen molar-refractivity contribution in [2.24, 2.45) is 5.73 Å². The lowest BCUT2D eigenvalue weighted by Crippen LogP contribution is -2.29. The Morgan fingerprint density at radius 3 is 2.52 bits per heavy atom. The molecule has 5 rings (SSSR count). The second kappa shape index (κ2) is 11.8. The fourth-order valence-corrected chi connectivity index (χ4v) is 5.41. The number of nitrogens with zero attached hydrogens (tertiary/aromatic N) is 3. The number of aromatic nitrogens is 3. The minimum atomic E-state index is -1.25. The zero-order chi connectivity index (χ0) is 30.0. The van der Waals surface area contributed by atoms with E-state index in [1.165, 1.54) is 6.20 Å². The molecule has 1 saturated carbocycles. The predicted octanol–water partition coefficient (Wildman–Crippen LogP) is 3.10. The highest BCUT2D eigenvalue weighted by molar-refractivity contribution is 5.93. The maximum absolute atomic E-state index is 13.0. The minimum Gasteiger partial charge on any atom is -0.493 e. The molecule has 4 aromatic rings. The molecule has 2 heterocycles. The number of aromatic carboxylic acids is 1. The monoisotopic (exact) mass is 568 g/mol. The van der Waals surface area contributed by atoms with Gasteiger partial charge in [-0.05, 0) is 61.6 Å². The van der Waals surface area contributed by atoms with E-state index in [-0.39, 0.29) is 29.4 Å². The van der Waals surface area contributed by atoms with Crippen molar-refractivity contribution in [3.05, 3.63) is 80.8 Å². The molecule has 0 amide bonds. The summed E-state index contributed by atoms with van der Waals surface area (Å²) in [5.74, 6) is 6.47. The Bertz CT molecular complexity index is 1800. The van der Waals surface area contributed by atoms with Crippen LogP contribution in [0.2, 0.25) is 0 Å². The number of carboxylic acids is 1. The van der Waals surface area contributed by atoms with Gasteiger partial charge < -0.3 is 36.3 Å². The third kappa shape index (κ3) is 5.70. The van der Waals surface area contributed by atoms with Crippen LogP contribution < -0.4 is 32.1 Å². The average Bonchev–Trinajstić information content (AvgIpc) is 2.97. The summed E-state index contributed by atoms with van der Waals surface area (Å²) in [7, 11) is 3.09. The van der Waals surface area contributed by atoms with Crippen molar-refractivity contribution in [2.45, 2.75) is 44.2 Å².